The summed E-state index contributed by atoms with van der Waals surface area (Å²) in [5.74, 6) is 0.499. The van der Waals surface area contributed by atoms with Crippen LogP contribution in [0, 0.1) is 20.8 Å². The second kappa shape index (κ2) is 15.5. The van der Waals surface area contributed by atoms with Gasteiger partial charge in [-0.25, -0.2) is 9.97 Å². The Morgan fingerprint density at radius 3 is 1.53 bits per heavy atom. The molecule has 0 spiro atoms. The predicted molar refractivity (Wildman–Crippen MR) is 248 cm³/mol. The van der Waals surface area contributed by atoms with Crippen LogP contribution in [0.2, 0.25) is 0 Å². The van der Waals surface area contributed by atoms with Gasteiger partial charge in [0.15, 0.2) is 5.82 Å². The highest BCUT2D eigenvalue weighted by Crippen LogP contribution is 2.45. The van der Waals surface area contributed by atoms with Crippen LogP contribution in [0.15, 0.2) is 188 Å². The number of nitrogens with zero attached hydrogens (tertiary/aromatic N) is 3. The Balaban J connectivity index is 1.31. The topological polar surface area (TPSA) is 30.7 Å². The molecule has 8 aromatic carbocycles. The number of aryl methyl sites for hydroxylation is 3. The van der Waals surface area contributed by atoms with Crippen molar-refractivity contribution in [3.05, 3.63) is 210 Å². The van der Waals surface area contributed by atoms with Gasteiger partial charge in [-0.15, -0.1) is 0 Å². The fourth-order valence-corrected chi connectivity index (χ4v) is 8.63. The van der Waals surface area contributed by atoms with Crippen molar-refractivity contribution in [1.29, 1.82) is 0 Å². The molecule has 0 bridgehead atoms. The van der Waals surface area contributed by atoms with Gasteiger partial charge in [-0.2, -0.15) is 13.2 Å². The zero-order chi connectivity index (χ0) is 42.5. The molecule has 3 nitrogen and oxygen atoms in total. The minimum atomic E-state index is -4.49. The Hall–Kier alpha value is -7.57. The van der Waals surface area contributed by atoms with Crippen LogP contribution in [-0.2, 0) is 6.18 Å². The maximum Gasteiger partial charge on any atom is 0.416 e. The first-order valence-corrected chi connectivity index (χ1v) is 20.6. The van der Waals surface area contributed by atoms with Crippen molar-refractivity contribution < 1.29 is 13.2 Å². The first-order chi connectivity index (χ1) is 30.1. The van der Waals surface area contributed by atoms with Crippen molar-refractivity contribution in [3.63, 3.8) is 0 Å². The molecule has 0 aliphatic heterocycles. The maximum atomic E-state index is 14.1. The van der Waals surface area contributed by atoms with Crippen molar-refractivity contribution in [2.75, 3.05) is 0 Å². The van der Waals surface area contributed by atoms with E-state index in [4.69, 9.17) is 9.97 Å². The third-order valence-corrected chi connectivity index (χ3v) is 11.7. The zero-order valence-corrected chi connectivity index (χ0v) is 34.4. The summed E-state index contributed by atoms with van der Waals surface area (Å²) >= 11 is 0. The van der Waals surface area contributed by atoms with Crippen molar-refractivity contribution >= 4 is 21.8 Å². The van der Waals surface area contributed by atoms with Crippen LogP contribution in [0.3, 0.4) is 0 Å². The molecule has 0 fully saturated rings. The number of hydrogen-bond donors (Lipinski definition) is 0. The van der Waals surface area contributed by atoms with E-state index in [2.05, 4.69) is 110 Å². The van der Waals surface area contributed by atoms with Crippen LogP contribution in [-0.4, -0.2) is 14.5 Å². The fourth-order valence-electron chi connectivity index (χ4n) is 8.63. The normalized spacial score (nSPS) is 11.7. The van der Waals surface area contributed by atoms with Gasteiger partial charge in [0.25, 0.3) is 0 Å². The van der Waals surface area contributed by atoms with E-state index in [0.29, 0.717) is 11.4 Å². The van der Waals surface area contributed by atoms with Crippen molar-refractivity contribution in [2.45, 2.75) is 26.9 Å². The lowest BCUT2D eigenvalue weighted by Crippen LogP contribution is -2.05. The second-order valence-electron chi connectivity index (χ2n) is 16.0. The van der Waals surface area contributed by atoms with Crippen molar-refractivity contribution in [3.8, 4) is 73.0 Å². The number of fused-ring (bicyclic) bond motifs is 3. The van der Waals surface area contributed by atoms with Gasteiger partial charge in [0, 0.05) is 38.6 Å². The lowest BCUT2D eigenvalue weighted by Gasteiger charge is -2.21. The molecule has 300 valence electrons. The lowest BCUT2D eigenvalue weighted by molar-refractivity contribution is -0.137. The van der Waals surface area contributed by atoms with Crippen LogP contribution in [0.1, 0.15) is 22.3 Å². The first kappa shape index (κ1) is 38.6. The fraction of sp³-hybridized carbons (Fsp3) is 0.0714. The molecule has 0 radical (unpaired) electrons. The third-order valence-electron chi connectivity index (χ3n) is 11.7. The monoisotopic (exact) mass is 811 g/mol. The van der Waals surface area contributed by atoms with E-state index in [9.17, 15) is 13.2 Å². The summed E-state index contributed by atoms with van der Waals surface area (Å²) in [6.45, 7) is 6.31. The molecule has 2 aromatic heterocycles. The highest BCUT2D eigenvalue weighted by atomic mass is 19.4. The number of benzene rings is 8. The molecule has 0 atom stereocenters. The van der Waals surface area contributed by atoms with Gasteiger partial charge in [-0.3, -0.25) is 0 Å². The van der Waals surface area contributed by atoms with Crippen LogP contribution >= 0.6 is 0 Å². The minimum Gasteiger partial charge on any atom is -0.308 e. The number of alkyl halides is 3. The highest BCUT2D eigenvalue weighted by molar-refractivity contribution is 6.12. The summed E-state index contributed by atoms with van der Waals surface area (Å²) in [4.78, 5) is 10.4. The van der Waals surface area contributed by atoms with Crippen LogP contribution in [0.4, 0.5) is 13.2 Å². The molecule has 0 saturated heterocycles. The summed E-state index contributed by atoms with van der Waals surface area (Å²) < 4.78 is 44.6. The van der Waals surface area contributed by atoms with E-state index in [1.165, 1.54) is 23.3 Å². The molecule has 0 amide bonds. The lowest BCUT2D eigenvalue weighted by atomic mass is 9.91. The van der Waals surface area contributed by atoms with Crippen molar-refractivity contribution in [2.24, 2.45) is 0 Å². The molecule has 0 aliphatic rings. The molecule has 6 heteroatoms. The SMILES string of the molecule is Cc1ccc(-c2cc(-c3nc(-c4ccccc4)cc(-c4ccccc4)n3)cc(-c3ccc(C(F)(F)F)cc3)c2-n2c3ccccc3c3cc(-c4ccc(C)cc4C)ccc32)cc1. The van der Waals surface area contributed by atoms with Gasteiger partial charge in [0.1, 0.15) is 0 Å². The first-order valence-electron chi connectivity index (χ1n) is 20.6. The smallest absolute Gasteiger partial charge is 0.308 e. The average molecular weight is 812 g/mol. The largest absolute Gasteiger partial charge is 0.416 e. The van der Waals surface area contributed by atoms with Crippen LogP contribution in [0.5, 0.6) is 0 Å². The van der Waals surface area contributed by atoms with Crippen LogP contribution in [0.25, 0.3) is 94.8 Å². The Morgan fingerprint density at radius 2 is 0.935 bits per heavy atom. The van der Waals surface area contributed by atoms with Gasteiger partial charge in [0.05, 0.1) is 33.7 Å². The number of para-hydroxylation sites is 1. The molecular weight excluding hydrogens is 772 g/mol. The highest BCUT2D eigenvalue weighted by Gasteiger charge is 2.30. The van der Waals surface area contributed by atoms with Gasteiger partial charge in [0.2, 0.25) is 0 Å². The van der Waals surface area contributed by atoms with E-state index >= 15 is 0 Å². The van der Waals surface area contributed by atoms with Gasteiger partial charge in [-0.05, 0) is 97.1 Å². The van der Waals surface area contributed by atoms with Crippen LogP contribution < -0.4 is 0 Å². The van der Waals surface area contributed by atoms with Gasteiger partial charge >= 0.3 is 6.18 Å². The maximum absolute atomic E-state index is 14.1. The summed E-state index contributed by atoms with van der Waals surface area (Å²) in [7, 11) is 0. The third kappa shape index (κ3) is 7.13. The summed E-state index contributed by atoms with van der Waals surface area (Å²) in [5.41, 5.74) is 15.2. The molecule has 62 heavy (non-hydrogen) atoms. The Morgan fingerprint density at radius 1 is 0.403 bits per heavy atom. The van der Waals surface area contributed by atoms with Gasteiger partial charge < -0.3 is 4.57 Å². The molecule has 0 aliphatic carbocycles. The van der Waals surface area contributed by atoms with Gasteiger partial charge in [-0.1, -0.05) is 151 Å². The van der Waals surface area contributed by atoms with E-state index in [1.807, 2.05) is 78.9 Å². The Labute approximate surface area is 358 Å². The molecule has 10 rings (SSSR count). The number of hydrogen-bond acceptors (Lipinski definition) is 2. The average Bonchev–Trinajstić information content (AvgIpc) is 3.62. The standard InChI is InChI=1S/C56H40F3N3/c1-35-18-21-38(22-19-35)47-32-43(55-60-50(40-12-6-4-7-13-40)34-51(61-55)41-14-8-5-9-15-41)33-48(39-23-26-44(27-24-39)56(57,58)59)54(47)62-52-17-11-10-16-46(52)49-31-42(25-29-53(49)62)45-28-20-36(2)30-37(45)3/h4-34H,1-3H3. The number of aromatic nitrogens is 3. The summed E-state index contributed by atoms with van der Waals surface area (Å²) in [6, 6.07) is 61.6. The molecule has 0 unspecified atom stereocenters. The molecular formula is C56H40F3N3. The second-order valence-corrected chi connectivity index (χ2v) is 16.0. The predicted octanol–water partition coefficient (Wildman–Crippen LogP) is 15.5. The molecule has 0 saturated carbocycles. The number of halogens is 3. The van der Waals surface area contributed by atoms with E-state index in [1.54, 1.807) is 12.1 Å². The van der Waals surface area contributed by atoms with E-state index in [0.717, 1.165) is 89.0 Å². The Kier molecular flexibility index (Phi) is 9.64. The molecule has 0 N–H and O–H groups in total. The zero-order valence-electron chi connectivity index (χ0n) is 34.4. The summed E-state index contributed by atoms with van der Waals surface area (Å²) in [6.07, 6.45) is -4.49. The minimum absolute atomic E-state index is 0.499. The summed E-state index contributed by atoms with van der Waals surface area (Å²) in [5, 5.41) is 2.14. The Bertz CT molecular complexity index is 3220. The van der Waals surface area contributed by atoms with E-state index < -0.39 is 11.7 Å². The van der Waals surface area contributed by atoms with Crippen molar-refractivity contribution in [1.82, 2.24) is 14.5 Å². The molecule has 10 aromatic rings. The number of rotatable bonds is 7. The quantitative estimate of drug-likeness (QED) is 0.160. The molecule has 2 heterocycles. The van der Waals surface area contributed by atoms with E-state index in [-0.39, 0.29) is 0 Å².